The molecule has 1 aliphatic heterocycles. The van der Waals surface area contributed by atoms with Gasteiger partial charge in [-0.3, -0.25) is 0 Å². The van der Waals surface area contributed by atoms with Gasteiger partial charge in [0.2, 0.25) is 5.69 Å². The van der Waals surface area contributed by atoms with Crippen LogP contribution in [0.15, 0.2) is 109 Å². The molecule has 1 nitrogen and oxygen atoms in total. The lowest BCUT2D eigenvalue weighted by Gasteiger charge is -2.28. The van der Waals surface area contributed by atoms with E-state index in [2.05, 4.69) is 142 Å². The van der Waals surface area contributed by atoms with Crippen molar-refractivity contribution in [2.75, 3.05) is 7.05 Å². The predicted octanol–water partition coefficient (Wildman–Crippen LogP) is 10.0. The molecule has 4 aromatic rings. The zero-order chi connectivity index (χ0) is 27.7. The summed E-state index contributed by atoms with van der Waals surface area (Å²) in [7, 11) is 2.18. The maximum atomic E-state index is 6.59. The minimum atomic E-state index is -0.237. The average Bonchev–Trinajstić information content (AvgIpc) is 3.16. The summed E-state index contributed by atoms with van der Waals surface area (Å²) in [5, 5.41) is 0.779. The van der Waals surface area contributed by atoms with Crippen LogP contribution in [0.5, 0.6) is 0 Å². The first-order valence-electron chi connectivity index (χ1n) is 14.2. The number of fused-ring (bicyclic) bond motifs is 1. The van der Waals surface area contributed by atoms with Crippen LogP contribution in [0.2, 0.25) is 5.02 Å². The zero-order valence-corrected chi connectivity index (χ0v) is 24.6. The van der Waals surface area contributed by atoms with Crippen LogP contribution in [0.25, 0.3) is 6.08 Å². The molecule has 0 fully saturated rings. The monoisotopic (exact) mass is 534 g/mol. The molecule has 0 bridgehead atoms. The van der Waals surface area contributed by atoms with Crippen LogP contribution >= 0.6 is 11.6 Å². The summed E-state index contributed by atoms with van der Waals surface area (Å²) in [6, 6.07) is 36.6. The summed E-state index contributed by atoms with van der Waals surface area (Å²) >= 11 is 6.59. The molecule has 5 rings (SSSR count). The van der Waals surface area contributed by atoms with E-state index in [-0.39, 0.29) is 5.41 Å². The summed E-state index contributed by atoms with van der Waals surface area (Å²) in [6.07, 6.45) is 10.4. The molecule has 0 atom stereocenters. The quantitative estimate of drug-likeness (QED) is 0.198. The summed E-state index contributed by atoms with van der Waals surface area (Å²) in [6.45, 7) is 6.55. The number of aryl methyl sites for hydroxylation is 1. The highest BCUT2D eigenvalue weighted by Crippen LogP contribution is 2.45. The summed E-state index contributed by atoms with van der Waals surface area (Å²) < 4.78 is 2.35. The lowest BCUT2D eigenvalue weighted by Crippen LogP contribution is -2.38. The molecule has 0 spiro atoms. The first kappa shape index (κ1) is 28.6. The number of allylic oxidation sites excluding steroid dienone is 1. The fourth-order valence-electron chi connectivity index (χ4n) is 5.57. The summed E-state index contributed by atoms with van der Waals surface area (Å²) in [4.78, 5) is 0. The van der Waals surface area contributed by atoms with E-state index in [0.29, 0.717) is 0 Å². The Bertz CT molecular complexity index is 1360. The third-order valence-corrected chi connectivity index (χ3v) is 7.84. The standard InChI is InChI=1S/C32H29ClN.C5H12/c1-24-13-15-25(16-14-24)17-20-31-32(22-26-9-5-3-6-10-26,23-27-11-7-4-8-12-27)29-21-28(33)18-19-30(29)34(31)2;1-3-5-4-2/h3-21H,22-23H2,1-2H3;3-5H2,1-2H3/q+1;/b20-17+;. The van der Waals surface area contributed by atoms with Gasteiger partial charge in [-0.2, -0.15) is 4.58 Å². The third kappa shape index (κ3) is 6.97. The molecule has 2 heteroatoms. The van der Waals surface area contributed by atoms with Gasteiger partial charge >= 0.3 is 0 Å². The smallest absolute Gasteiger partial charge is 0.198 e. The Kier molecular flexibility index (Phi) is 9.96. The van der Waals surface area contributed by atoms with Gasteiger partial charge in [-0.1, -0.05) is 135 Å². The number of hydrogen-bond acceptors (Lipinski definition) is 0. The van der Waals surface area contributed by atoms with Crippen LogP contribution < -0.4 is 0 Å². The summed E-state index contributed by atoms with van der Waals surface area (Å²) in [5.74, 6) is 0. The number of rotatable bonds is 8. The molecule has 39 heavy (non-hydrogen) atoms. The molecule has 1 aliphatic rings. The minimum Gasteiger partial charge on any atom is -0.198 e. The molecule has 0 aromatic heterocycles. The maximum Gasteiger partial charge on any atom is 0.209 e. The van der Waals surface area contributed by atoms with E-state index in [4.69, 9.17) is 11.6 Å². The van der Waals surface area contributed by atoms with Crippen LogP contribution in [0.3, 0.4) is 0 Å². The van der Waals surface area contributed by atoms with E-state index >= 15 is 0 Å². The first-order chi connectivity index (χ1) is 19.0. The van der Waals surface area contributed by atoms with E-state index in [0.717, 1.165) is 17.9 Å². The van der Waals surface area contributed by atoms with Gasteiger partial charge in [-0.25, -0.2) is 0 Å². The minimum absolute atomic E-state index is 0.237. The van der Waals surface area contributed by atoms with Crippen molar-refractivity contribution >= 4 is 29.1 Å². The molecule has 0 N–H and O–H groups in total. The summed E-state index contributed by atoms with van der Waals surface area (Å²) in [5.41, 5.74) is 8.68. The zero-order valence-electron chi connectivity index (χ0n) is 23.8. The van der Waals surface area contributed by atoms with Crippen LogP contribution in [0.4, 0.5) is 5.69 Å². The highest BCUT2D eigenvalue weighted by Gasteiger charge is 2.50. The van der Waals surface area contributed by atoms with Crippen LogP contribution in [0, 0.1) is 6.92 Å². The highest BCUT2D eigenvalue weighted by atomic mass is 35.5. The second-order valence-electron chi connectivity index (χ2n) is 10.6. The van der Waals surface area contributed by atoms with Crippen LogP contribution in [0.1, 0.15) is 60.9 Å². The number of hydrogen-bond donors (Lipinski definition) is 0. The van der Waals surface area contributed by atoms with Crippen molar-refractivity contribution in [2.45, 2.75) is 58.3 Å². The molecule has 0 saturated heterocycles. The molecule has 200 valence electrons. The third-order valence-electron chi connectivity index (χ3n) is 7.60. The molecule has 0 radical (unpaired) electrons. The molecule has 0 aliphatic carbocycles. The van der Waals surface area contributed by atoms with E-state index in [1.54, 1.807) is 0 Å². The largest absolute Gasteiger partial charge is 0.209 e. The van der Waals surface area contributed by atoms with Gasteiger partial charge in [0.15, 0.2) is 5.71 Å². The molecule has 0 saturated carbocycles. The molecule has 1 heterocycles. The fourth-order valence-corrected chi connectivity index (χ4v) is 5.75. The molecular formula is C37H41ClN+. The van der Waals surface area contributed by atoms with E-state index in [1.165, 1.54) is 58.5 Å². The van der Waals surface area contributed by atoms with Crippen molar-refractivity contribution in [3.8, 4) is 0 Å². The second-order valence-corrected chi connectivity index (χ2v) is 11.0. The number of nitrogens with zero attached hydrogens (tertiary/aromatic N) is 1. The Hall–Kier alpha value is -3.42. The van der Waals surface area contributed by atoms with Gasteiger partial charge in [0, 0.05) is 22.7 Å². The van der Waals surface area contributed by atoms with Crippen molar-refractivity contribution in [3.63, 3.8) is 0 Å². The normalized spacial score (nSPS) is 13.8. The lowest BCUT2D eigenvalue weighted by atomic mass is 9.69. The van der Waals surface area contributed by atoms with Gasteiger partial charge in [-0.15, -0.1) is 0 Å². The fraction of sp³-hybridized carbons (Fsp3) is 0.270. The molecule has 0 amide bonds. The van der Waals surface area contributed by atoms with Gasteiger partial charge in [0.1, 0.15) is 7.05 Å². The van der Waals surface area contributed by atoms with E-state index in [1.807, 2.05) is 6.07 Å². The number of unbranched alkanes of at least 4 members (excludes halogenated alkanes) is 2. The van der Waals surface area contributed by atoms with Crippen LogP contribution in [-0.2, 0) is 18.3 Å². The average molecular weight is 535 g/mol. The Morgan fingerprint density at radius 1 is 0.718 bits per heavy atom. The van der Waals surface area contributed by atoms with Crippen molar-refractivity contribution in [1.29, 1.82) is 0 Å². The van der Waals surface area contributed by atoms with Crippen molar-refractivity contribution in [3.05, 3.63) is 142 Å². The number of benzene rings is 4. The van der Waals surface area contributed by atoms with Crippen LogP contribution in [-0.4, -0.2) is 17.3 Å². The Labute approximate surface area is 240 Å². The molecular weight excluding hydrogens is 494 g/mol. The van der Waals surface area contributed by atoms with Gasteiger partial charge in [-0.05, 0) is 54.7 Å². The van der Waals surface area contributed by atoms with Crippen molar-refractivity contribution < 1.29 is 4.58 Å². The Morgan fingerprint density at radius 3 is 1.79 bits per heavy atom. The highest BCUT2D eigenvalue weighted by molar-refractivity contribution is 6.30. The Balaban J connectivity index is 0.000000648. The van der Waals surface area contributed by atoms with E-state index < -0.39 is 0 Å². The number of halogens is 1. The molecule has 4 aromatic carbocycles. The second kappa shape index (κ2) is 13.6. The van der Waals surface area contributed by atoms with Crippen molar-refractivity contribution in [2.24, 2.45) is 0 Å². The Morgan fingerprint density at radius 2 is 1.28 bits per heavy atom. The van der Waals surface area contributed by atoms with Gasteiger partial charge in [0.25, 0.3) is 0 Å². The van der Waals surface area contributed by atoms with E-state index in [9.17, 15) is 0 Å². The molecule has 0 unspecified atom stereocenters. The maximum absolute atomic E-state index is 6.59. The van der Waals surface area contributed by atoms with Gasteiger partial charge < -0.3 is 0 Å². The first-order valence-corrected chi connectivity index (χ1v) is 14.6. The van der Waals surface area contributed by atoms with Gasteiger partial charge in [0.05, 0.1) is 5.41 Å². The predicted molar refractivity (Wildman–Crippen MR) is 170 cm³/mol. The SMILES string of the molecule is CCCCC.Cc1ccc(/C=C/C2=[N+](C)c3ccc(Cl)cc3C2(Cc2ccccc2)Cc2ccccc2)cc1. The lowest BCUT2D eigenvalue weighted by molar-refractivity contribution is -0.401. The topological polar surface area (TPSA) is 3.01 Å². The van der Waals surface area contributed by atoms with Crippen molar-refractivity contribution in [1.82, 2.24) is 0 Å².